The third-order valence-electron chi connectivity index (χ3n) is 4.45. The first-order valence-corrected chi connectivity index (χ1v) is 8.56. The first kappa shape index (κ1) is 17.9. The number of amides is 1. The number of carbonyl (C=O) groups excluding carboxylic acids is 2. The second-order valence-electron chi connectivity index (χ2n) is 6.31. The van der Waals surface area contributed by atoms with Crippen molar-refractivity contribution in [3.8, 4) is 0 Å². The molecule has 26 heavy (non-hydrogen) atoms. The van der Waals surface area contributed by atoms with E-state index >= 15 is 0 Å². The summed E-state index contributed by atoms with van der Waals surface area (Å²) >= 11 is 0. The van der Waals surface area contributed by atoms with Gasteiger partial charge in [0.25, 0.3) is 5.91 Å². The van der Waals surface area contributed by atoms with Gasteiger partial charge < -0.3 is 15.0 Å². The monoisotopic (exact) mass is 356 g/mol. The number of carbonyl (C=O) groups is 2. The number of halogens is 1. The molecule has 6 heteroatoms. The number of likely N-dealkylation sites (tertiary alicyclic amines) is 1. The number of hydrogen-bond acceptors (Lipinski definition) is 4. The number of hydrogen-bond donors (Lipinski definition) is 1. The molecule has 1 fully saturated rings. The second-order valence-corrected chi connectivity index (χ2v) is 6.31. The average molecular weight is 356 g/mol. The zero-order valence-corrected chi connectivity index (χ0v) is 14.6. The number of benzene rings is 2. The van der Waals surface area contributed by atoms with E-state index in [2.05, 4.69) is 5.32 Å². The van der Waals surface area contributed by atoms with Gasteiger partial charge in [-0.25, -0.2) is 9.18 Å². The lowest BCUT2D eigenvalue weighted by Gasteiger charge is -2.33. The number of esters is 1. The smallest absolute Gasteiger partial charge is 0.337 e. The molecule has 3 rings (SSSR count). The number of nitrogens with one attached hydrogen (secondary N) is 1. The molecule has 136 valence electrons. The fourth-order valence-corrected chi connectivity index (χ4v) is 3.14. The van der Waals surface area contributed by atoms with Crippen LogP contribution in [0, 0.1) is 5.82 Å². The quantitative estimate of drug-likeness (QED) is 0.854. The Kier molecular flexibility index (Phi) is 5.51. The van der Waals surface area contributed by atoms with Crippen molar-refractivity contribution < 1.29 is 18.7 Å². The summed E-state index contributed by atoms with van der Waals surface area (Å²) in [5.74, 6) is -0.850. The first-order chi connectivity index (χ1) is 12.6. The third-order valence-corrected chi connectivity index (χ3v) is 4.45. The molecule has 2 aromatic carbocycles. The highest BCUT2D eigenvalue weighted by Gasteiger charge is 2.25. The standard InChI is InChI=1S/C20H21FN2O3/c1-26-20(25)15-5-2-4-14(12-15)19(24)23-11-3-6-18(13-23)22-17-9-7-16(21)8-10-17/h2,4-5,7-10,12,18,22H,3,6,11,13H2,1H3/t18-/m1/s1. The number of nitrogens with zero attached hydrogens (tertiary/aromatic N) is 1. The Labute approximate surface area is 151 Å². The summed E-state index contributed by atoms with van der Waals surface area (Å²) in [6.07, 6.45) is 1.81. The minimum Gasteiger partial charge on any atom is -0.465 e. The number of methoxy groups -OCH3 is 1. The molecule has 0 aliphatic carbocycles. The largest absolute Gasteiger partial charge is 0.465 e. The molecule has 0 bridgehead atoms. The van der Waals surface area contributed by atoms with Crippen LogP contribution in [0.25, 0.3) is 0 Å². The van der Waals surface area contributed by atoms with E-state index in [0.29, 0.717) is 24.2 Å². The molecule has 0 saturated carbocycles. The molecule has 1 aliphatic heterocycles. The Balaban J connectivity index is 1.68. The molecule has 5 nitrogen and oxygen atoms in total. The Morgan fingerprint density at radius 3 is 2.62 bits per heavy atom. The number of ether oxygens (including phenoxy) is 1. The predicted molar refractivity (Wildman–Crippen MR) is 96.7 cm³/mol. The lowest BCUT2D eigenvalue weighted by molar-refractivity contribution is 0.0600. The summed E-state index contributed by atoms with van der Waals surface area (Å²) in [5.41, 5.74) is 1.66. The van der Waals surface area contributed by atoms with Gasteiger partial charge >= 0.3 is 5.97 Å². The van der Waals surface area contributed by atoms with Crippen molar-refractivity contribution in [2.24, 2.45) is 0 Å². The fraction of sp³-hybridized carbons (Fsp3) is 0.300. The predicted octanol–water partition coefficient (Wildman–Crippen LogP) is 3.33. The molecule has 1 heterocycles. The van der Waals surface area contributed by atoms with Crippen LogP contribution in [0.1, 0.15) is 33.6 Å². The van der Waals surface area contributed by atoms with E-state index in [1.165, 1.54) is 19.2 Å². The highest BCUT2D eigenvalue weighted by atomic mass is 19.1. The van der Waals surface area contributed by atoms with Crippen molar-refractivity contribution in [3.05, 3.63) is 65.5 Å². The maximum Gasteiger partial charge on any atom is 0.337 e. The van der Waals surface area contributed by atoms with E-state index in [1.54, 1.807) is 41.3 Å². The molecule has 1 aliphatic rings. The summed E-state index contributed by atoms with van der Waals surface area (Å²) in [7, 11) is 1.31. The topological polar surface area (TPSA) is 58.6 Å². The molecule has 2 aromatic rings. The van der Waals surface area contributed by atoms with Crippen LogP contribution in [0.15, 0.2) is 48.5 Å². The van der Waals surface area contributed by atoms with Gasteiger partial charge in [-0.2, -0.15) is 0 Å². The first-order valence-electron chi connectivity index (χ1n) is 8.56. The Morgan fingerprint density at radius 1 is 1.15 bits per heavy atom. The normalized spacial score (nSPS) is 16.8. The number of anilines is 1. The second kappa shape index (κ2) is 7.99. The van der Waals surface area contributed by atoms with Crippen molar-refractivity contribution >= 4 is 17.6 Å². The summed E-state index contributed by atoms with van der Waals surface area (Å²) < 4.78 is 17.7. The number of rotatable bonds is 4. The van der Waals surface area contributed by atoms with Gasteiger partial charge in [0.05, 0.1) is 12.7 Å². The SMILES string of the molecule is COC(=O)c1cccc(C(=O)N2CCC[C@@H](Nc3ccc(F)cc3)C2)c1. The van der Waals surface area contributed by atoms with E-state index in [9.17, 15) is 14.0 Å². The molecule has 0 radical (unpaired) electrons. The van der Waals surface area contributed by atoms with Crippen molar-refractivity contribution in [3.63, 3.8) is 0 Å². The van der Waals surface area contributed by atoms with Gasteiger partial charge in [0, 0.05) is 30.4 Å². The molecule has 1 atom stereocenters. The van der Waals surface area contributed by atoms with Crippen LogP contribution in [0.2, 0.25) is 0 Å². The summed E-state index contributed by atoms with van der Waals surface area (Å²) in [6.45, 7) is 1.22. The van der Waals surface area contributed by atoms with Crippen molar-refractivity contribution in [1.29, 1.82) is 0 Å². The van der Waals surface area contributed by atoms with Crippen LogP contribution in [0.3, 0.4) is 0 Å². The molecule has 0 aromatic heterocycles. The van der Waals surface area contributed by atoms with E-state index in [1.807, 2.05) is 0 Å². The maximum absolute atomic E-state index is 13.0. The van der Waals surface area contributed by atoms with Gasteiger partial charge in [-0.3, -0.25) is 4.79 Å². The zero-order chi connectivity index (χ0) is 18.5. The third kappa shape index (κ3) is 4.20. The van der Waals surface area contributed by atoms with Crippen LogP contribution in [-0.4, -0.2) is 43.0 Å². The Morgan fingerprint density at radius 2 is 1.88 bits per heavy atom. The van der Waals surface area contributed by atoms with E-state index in [0.717, 1.165) is 18.5 Å². The molecular weight excluding hydrogens is 335 g/mol. The van der Waals surface area contributed by atoms with Crippen molar-refractivity contribution in [2.75, 3.05) is 25.5 Å². The van der Waals surface area contributed by atoms with Crippen LogP contribution < -0.4 is 5.32 Å². The molecule has 1 N–H and O–H groups in total. The van der Waals surface area contributed by atoms with Crippen LogP contribution >= 0.6 is 0 Å². The highest BCUT2D eigenvalue weighted by Crippen LogP contribution is 2.19. The molecule has 0 unspecified atom stereocenters. The summed E-state index contributed by atoms with van der Waals surface area (Å²) in [4.78, 5) is 26.2. The summed E-state index contributed by atoms with van der Waals surface area (Å²) in [6, 6.07) is 12.9. The molecular formula is C20H21FN2O3. The fourth-order valence-electron chi connectivity index (χ4n) is 3.14. The minimum absolute atomic E-state index is 0.0990. The van der Waals surface area contributed by atoms with Gasteiger partial charge in [0.15, 0.2) is 0 Å². The van der Waals surface area contributed by atoms with Crippen LogP contribution in [0.5, 0.6) is 0 Å². The van der Waals surface area contributed by atoms with Gasteiger partial charge in [-0.05, 0) is 55.3 Å². The van der Waals surface area contributed by atoms with Crippen LogP contribution in [-0.2, 0) is 4.74 Å². The van der Waals surface area contributed by atoms with Crippen LogP contribution in [0.4, 0.5) is 10.1 Å². The number of piperidine rings is 1. The van der Waals surface area contributed by atoms with Gasteiger partial charge in [0.2, 0.25) is 0 Å². The minimum atomic E-state index is -0.464. The van der Waals surface area contributed by atoms with Gasteiger partial charge in [-0.15, -0.1) is 0 Å². The highest BCUT2D eigenvalue weighted by molar-refractivity contribution is 5.98. The molecule has 1 saturated heterocycles. The Hall–Kier alpha value is -2.89. The van der Waals surface area contributed by atoms with Crippen molar-refractivity contribution in [2.45, 2.75) is 18.9 Å². The van der Waals surface area contributed by atoms with Crippen molar-refractivity contribution in [1.82, 2.24) is 4.90 Å². The average Bonchev–Trinajstić information content (AvgIpc) is 2.69. The van der Waals surface area contributed by atoms with E-state index in [4.69, 9.17) is 4.74 Å². The summed E-state index contributed by atoms with van der Waals surface area (Å²) in [5, 5.41) is 3.35. The maximum atomic E-state index is 13.0. The van der Waals surface area contributed by atoms with E-state index < -0.39 is 5.97 Å². The molecule has 0 spiro atoms. The van der Waals surface area contributed by atoms with E-state index in [-0.39, 0.29) is 17.8 Å². The lowest BCUT2D eigenvalue weighted by Crippen LogP contribution is -2.45. The Bertz CT molecular complexity index is 792. The molecule has 1 amide bonds. The zero-order valence-electron chi connectivity index (χ0n) is 14.6. The lowest BCUT2D eigenvalue weighted by atomic mass is 10.0. The van der Waals surface area contributed by atoms with Gasteiger partial charge in [-0.1, -0.05) is 6.07 Å². The van der Waals surface area contributed by atoms with Gasteiger partial charge in [0.1, 0.15) is 5.82 Å².